The summed E-state index contributed by atoms with van der Waals surface area (Å²) in [5, 5.41) is 2.72. The van der Waals surface area contributed by atoms with Crippen LogP contribution in [-0.4, -0.2) is 10.9 Å². The van der Waals surface area contributed by atoms with Crippen molar-refractivity contribution < 1.29 is 9.21 Å². The molecule has 0 bridgehead atoms. The van der Waals surface area contributed by atoms with E-state index in [2.05, 4.69) is 10.3 Å². The predicted octanol–water partition coefficient (Wildman–Crippen LogP) is 2.13. The summed E-state index contributed by atoms with van der Waals surface area (Å²) in [6.45, 7) is 4.00. The zero-order valence-corrected chi connectivity index (χ0v) is 9.65. The third kappa shape index (κ3) is 2.44. The summed E-state index contributed by atoms with van der Waals surface area (Å²) in [4.78, 5) is 15.5. The molecule has 0 unspecified atom stereocenters. The van der Waals surface area contributed by atoms with E-state index < -0.39 is 0 Å². The Morgan fingerprint density at radius 3 is 2.71 bits per heavy atom. The van der Waals surface area contributed by atoms with Gasteiger partial charge in [0, 0.05) is 5.69 Å². The van der Waals surface area contributed by atoms with Gasteiger partial charge in [0.2, 0.25) is 0 Å². The zero-order valence-electron chi connectivity index (χ0n) is 9.65. The van der Waals surface area contributed by atoms with Crippen LogP contribution < -0.4 is 11.1 Å². The maximum absolute atomic E-state index is 11.7. The molecule has 0 fully saturated rings. The number of aromatic nitrogens is 1. The van der Waals surface area contributed by atoms with Crippen molar-refractivity contribution in [2.45, 2.75) is 13.8 Å². The van der Waals surface area contributed by atoms with E-state index in [-0.39, 0.29) is 17.6 Å². The molecule has 0 aliphatic rings. The van der Waals surface area contributed by atoms with E-state index in [4.69, 9.17) is 10.2 Å². The highest BCUT2D eigenvalue weighted by Crippen LogP contribution is 2.15. The van der Waals surface area contributed by atoms with Gasteiger partial charge in [-0.3, -0.25) is 4.79 Å². The fourth-order valence-electron chi connectivity index (χ4n) is 1.41. The van der Waals surface area contributed by atoms with Crippen LogP contribution in [0.15, 0.2) is 28.9 Å². The van der Waals surface area contributed by atoms with Crippen molar-refractivity contribution in [3.63, 3.8) is 0 Å². The van der Waals surface area contributed by atoms with E-state index >= 15 is 0 Å². The number of aryl methyl sites for hydroxylation is 2. The second-order valence-electron chi connectivity index (χ2n) is 3.82. The average molecular weight is 231 g/mol. The number of amides is 1. The maximum atomic E-state index is 11.7. The Hall–Kier alpha value is -2.30. The van der Waals surface area contributed by atoms with Crippen molar-refractivity contribution >= 4 is 17.6 Å². The van der Waals surface area contributed by atoms with E-state index in [0.29, 0.717) is 0 Å². The zero-order chi connectivity index (χ0) is 12.4. The first kappa shape index (κ1) is 11.2. The van der Waals surface area contributed by atoms with Crippen LogP contribution >= 0.6 is 0 Å². The van der Waals surface area contributed by atoms with Gasteiger partial charge in [-0.25, -0.2) is 0 Å². The smallest absolute Gasteiger partial charge is 0.292 e. The van der Waals surface area contributed by atoms with E-state index in [1.807, 2.05) is 32.0 Å². The molecule has 0 atom stereocenters. The molecule has 17 heavy (non-hydrogen) atoms. The molecule has 2 aromatic rings. The van der Waals surface area contributed by atoms with Crippen molar-refractivity contribution in [3.8, 4) is 0 Å². The second-order valence-corrected chi connectivity index (χ2v) is 3.82. The quantitative estimate of drug-likeness (QED) is 0.829. The van der Waals surface area contributed by atoms with Gasteiger partial charge >= 0.3 is 0 Å². The number of nitrogens with zero attached hydrogens (tertiary/aromatic N) is 1. The lowest BCUT2D eigenvalue weighted by Gasteiger charge is -2.05. The monoisotopic (exact) mass is 231 g/mol. The predicted molar refractivity (Wildman–Crippen MR) is 64.8 cm³/mol. The lowest BCUT2D eigenvalue weighted by atomic mass is 10.1. The number of anilines is 2. The summed E-state index contributed by atoms with van der Waals surface area (Å²) in [5.41, 5.74) is 8.47. The number of oxazole rings is 1. The standard InChI is InChI=1S/C12H13N3O2/c1-7-3-4-9(5-8(7)2)14-11(16)10-6-17-12(13)15-10/h3-6H,1-2H3,(H2,13,15)(H,14,16). The number of nitrogens with two attached hydrogens (primary N) is 1. The Balaban J connectivity index is 2.15. The summed E-state index contributed by atoms with van der Waals surface area (Å²) >= 11 is 0. The van der Waals surface area contributed by atoms with Crippen molar-refractivity contribution in [1.29, 1.82) is 0 Å². The minimum absolute atomic E-state index is 0.0183. The summed E-state index contributed by atoms with van der Waals surface area (Å²) in [6.07, 6.45) is 1.23. The molecular weight excluding hydrogens is 218 g/mol. The fourth-order valence-corrected chi connectivity index (χ4v) is 1.41. The molecule has 2 rings (SSSR count). The Labute approximate surface area is 98.6 Å². The van der Waals surface area contributed by atoms with E-state index in [1.54, 1.807) is 0 Å². The van der Waals surface area contributed by atoms with Crippen LogP contribution in [-0.2, 0) is 0 Å². The van der Waals surface area contributed by atoms with Gasteiger partial charge < -0.3 is 15.5 Å². The van der Waals surface area contributed by atoms with Crippen LogP contribution in [0.25, 0.3) is 0 Å². The normalized spacial score (nSPS) is 10.2. The number of carbonyl (C=O) groups is 1. The highest BCUT2D eigenvalue weighted by Gasteiger charge is 2.11. The van der Waals surface area contributed by atoms with Gasteiger partial charge in [0.15, 0.2) is 5.69 Å². The molecule has 5 nitrogen and oxygen atoms in total. The molecule has 0 saturated heterocycles. The van der Waals surface area contributed by atoms with Gasteiger partial charge in [0.25, 0.3) is 11.9 Å². The molecule has 0 saturated carbocycles. The third-order valence-electron chi connectivity index (χ3n) is 2.52. The minimum atomic E-state index is -0.339. The Morgan fingerprint density at radius 1 is 1.35 bits per heavy atom. The van der Waals surface area contributed by atoms with Crippen LogP contribution in [0.3, 0.4) is 0 Å². The highest BCUT2D eigenvalue weighted by atomic mass is 16.4. The summed E-state index contributed by atoms with van der Waals surface area (Å²) in [6, 6.07) is 5.66. The van der Waals surface area contributed by atoms with Crippen molar-refractivity contribution in [1.82, 2.24) is 4.98 Å². The number of carbonyl (C=O) groups excluding carboxylic acids is 1. The van der Waals surface area contributed by atoms with E-state index in [0.717, 1.165) is 11.3 Å². The highest BCUT2D eigenvalue weighted by molar-refractivity contribution is 6.02. The molecule has 0 spiro atoms. The lowest BCUT2D eigenvalue weighted by molar-refractivity contribution is 0.102. The molecule has 1 aromatic carbocycles. The number of nitrogen functional groups attached to an aromatic ring is 1. The molecule has 0 aliphatic heterocycles. The largest absolute Gasteiger partial charge is 0.431 e. The van der Waals surface area contributed by atoms with Crippen LogP contribution in [0, 0.1) is 13.8 Å². The van der Waals surface area contributed by atoms with Crippen molar-refractivity contribution in [2.75, 3.05) is 11.1 Å². The molecule has 88 valence electrons. The van der Waals surface area contributed by atoms with Gasteiger partial charge in [-0.15, -0.1) is 0 Å². The van der Waals surface area contributed by atoms with Gasteiger partial charge in [-0.1, -0.05) is 6.07 Å². The van der Waals surface area contributed by atoms with Crippen LogP contribution in [0.5, 0.6) is 0 Å². The maximum Gasteiger partial charge on any atom is 0.292 e. The molecule has 3 N–H and O–H groups in total. The molecule has 0 radical (unpaired) electrons. The Bertz CT molecular complexity index is 561. The SMILES string of the molecule is Cc1ccc(NC(=O)c2coc(N)n2)cc1C. The van der Waals surface area contributed by atoms with E-state index in [1.165, 1.54) is 11.8 Å². The Kier molecular flexibility index (Phi) is 2.82. The van der Waals surface area contributed by atoms with Crippen LogP contribution in [0.2, 0.25) is 0 Å². The molecule has 1 amide bonds. The molecule has 1 heterocycles. The van der Waals surface area contributed by atoms with Gasteiger partial charge in [-0.05, 0) is 37.1 Å². The van der Waals surface area contributed by atoms with Crippen LogP contribution in [0.1, 0.15) is 21.6 Å². The van der Waals surface area contributed by atoms with Crippen LogP contribution in [0.4, 0.5) is 11.7 Å². The number of hydrogen-bond acceptors (Lipinski definition) is 4. The average Bonchev–Trinajstić information content (AvgIpc) is 2.70. The molecular formula is C12H13N3O2. The number of benzene rings is 1. The van der Waals surface area contributed by atoms with E-state index in [9.17, 15) is 4.79 Å². The van der Waals surface area contributed by atoms with Crippen molar-refractivity contribution in [2.24, 2.45) is 0 Å². The first-order valence-corrected chi connectivity index (χ1v) is 5.16. The fraction of sp³-hybridized carbons (Fsp3) is 0.167. The first-order chi connectivity index (χ1) is 8.06. The second kappa shape index (κ2) is 4.29. The topological polar surface area (TPSA) is 81.2 Å². The first-order valence-electron chi connectivity index (χ1n) is 5.16. The van der Waals surface area contributed by atoms with Gasteiger partial charge in [0.1, 0.15) is 6.26 Å². The minimum Gasteiger partial charge on any atom is -0.431 e. The molecule has 0 aliphatic carbocycles. The Morgan fingerprint density at radius 2 is 2.12 bits per heavy atom. The van der Waals surface area contributed by atoms with Crippen molar-refractivity contribution in [3.05, 3.63) is 41.3 Å². The lowest BCUT2D eigenvalue weighted by Crippen LogP contribution is -2.12. The number of nitrogens with one attached hydrogen (secondary N) is 1. The molecule has 5 heteroatoms. The van der Waals surface area contributed by atoms with Gasteiger partial charge in [0.05, 0.1) is 0 Å². The van der Waals surface area contributed by atoms with Gasteiger partial charge in [-0.2, -0.15) is 4.98 Å². The molecule has 1 aromatic heterocycles. The number of rotatable bonds is 2. The summed E-state index contributed by atoms with van der Waals surface area (Å²) in [7, 11) is 0. The number of hydrogen-bond donors (Lipinski definition) is 2. The summed E-state index contributed by atoms with van der Waals surface area (Å²) in [5.74, 6) is -0.339. The third-order valence-corrected chi connectivity index (χ3v) is 2.52. The summed E-state index contributed by atoms with van der Waals surface area (Å²) < 4.78 is 4.77.